The molecule has 0 N–H and O–H groups in total. The molecule has 2 heterocycles. The van der Waals surface area contributed by atoms with Crippen LogP contribution < -0.4 is 9.47 Å². The number of thiazole rings is 1. The molecule has 25 heavy (non-hydrogen) atoms. The molecule has 1 aromatic heterocycles. The molecular weight excluding hydrogens is 336 g/mol. The van der Waals surface area contributed by atoms with E-state index in [0.717, 1.165) is 33.3 Å². The topological polar surface area (TPSA) is 51.7 Å². The fourth-order valence-electron chi connectivity index (χ4n) is 2.90. The van der Waals surface area contributed by atoms with Crippen LogP contribution in [0.1, 0.15) is 52.1 Å². The van der Waals surface area contributed by atoms with Crippen LogP contribution in [-0.4, -0.2) is 36.1 Å². The Kier molecular flexibility index (Phi) is 5.27. The number of carbonyl (C=O) groups excluding carboxylic acids is 1. The van der Waals surface area contributed by atoms with Gasteiger partial charge in [-0.3, -0.25) is 4.79 Å². The monoisotopic (exact) mass is 360 g/mol. The van der Waals surface area contributed by atoms with E-state index < -0.39 is 0 Å². The number of amides is 1. The molecule has 3 rings (SSSR count). The van der Waals surface area contributed by atoms with Crippen molar-refractivity contribution in [3.63, 3.8) is 0 Å². The van der Waals surface area contributed by atoms with Crippen LogP contribution in [0.2, 0.25) is 0 Å². The number of benzene rings is 1. The molecular formula is C19H24N2O3S. The molecule has 0 radical (unpaired) electrons. The Balaban J connectivity index is 1.90. The van der Waals surface area contributed by atoms with Crippen LogP contribution in [0.5, 0.6) is 11.5 Å². The van der Waals surface area contributed by atoms with Crippen molar-refractivity contribution < 1.29 is 14.3 Å². The normalized spacial score (nSPS) is 14.5. The number of rotatable bonds is 3. The van der Waals surface area contributed by atoms with Crippen LogP contribution >= 0.6 is 11.3 Å². The average molecular weight is 360 g/mol. The Labute approximate surface area is 152 Å². The van der Waals surface area contributed by atoms with E-state index in [0.29, 0.717) is 31.4 Å². The number of aryl methyl sites for hydroxylation is 1. The van der Waals surface area contributed by atoms with Gasteiger partial charge in [-0.25, -0.2) is 4.98 Å². The van der Waals surface area contributed by atoms with Crippen LogP contribution in [-0.2, 0) is 6.54 Å². The van der Waals surface area contributed by atoms with Gasteiger partial charge >= 0.3 is 0 Å². The Morgan fingerprint density at radius 2 is 2.20 bits per heavy atom. The summed E-state index contributed by atoms with van der Waals surface area (Å²) in [4.78, 5) is 20.3. The largest absolute Gasteiger partial charge is 0.493 e. The zero-order valence-electron chi connectivity index (χ0n) is 15.2. The Hall–Kier alpha value is -2.08. The average Bonchev–Trinajstić information content (AvgIpc) is 2.96. The van der Waals surface area contributed by atoms with E-state index in [2.05, 4.69) is 18.8 Å². The number of para-hydroxylation sites is 1. The minimum Gasteiger partial charge on any atom is -0.493 e. The van der Waals surface area contributed by atoms with Gasteiger partial charge in [0, 0.05) is 24.6 Å². The lowest BCUT2D eigenvalue weighted by molar-refractivity contribution is 0.0725. The summed E-state index contributed by atoms with van der Waals surface area (Å²) in [6, 6.07) is 5.80. The maximum Gasteiger partial charge on any atom is 0.266 e. The quantitative estimate of drug-likeness (QED) is 0.830. The molecule has 6 heteroatoms. The van der Waals surface area contributed by atoms with Crippen molar-refractivity contribution in [1.82, 2.24) is 9.88 Å². The summed E-state index contributed by atoms with van der Waals surface area (Å²) in [5.41, 5.74) is 1.79. The van der Waals surface area contributed by atoms with Gasteiger partial charge in [-0.05, 0) is 19.4 Å². The second-order valence-corrected chi connectivity index (χ2v) is 7.53. The van der Waals surface area contributed by atoms with Gasteiger partial charge in [0.1, 0.15) is 4.88 Å². The SMILES string of the molecule is COc1cccc2c1OCCCN(C(=O)c1sc(C(C)C)nc1C)C2. The summed E-state index contributed by atoms with van der Waals surface area (Å²) in [6.07, 6.45) is 0.790. The second-order valence-electron chi connectivity index (χ2n) is 6.50. The lowest BCUT2D eigenvalue weighted by Gasteiger charge is -2.27. The van der Waals surface area contributed by atoms with E-state index in [4.69, 9.17) is 9.47 Å². The highest BCUT2D eigenvalue weighted by Crippen LogP contribution is 2.34. The van der Waals surface area contributed by atoms with Crippen molar-refractivity contribution in [2.24, 2.45) is 0 Å². The first-order valence-corrected chi connectivity index (χ1v) is 9.38. The van der Waals surface area contributed by atoms with Gasteiger partial charge in [0.2, 0.25) is 0 Å². The third kappa shape index (κ3) is 3.63. The van der Waals surface area contributed by atoms with Gasteiger partial charge in [0.25, 0.3) is 5.91 Å². The number of ether oxygens (including phenoxy) is 2. The number of nitrogens with zero attached hydrogens (tertiary/aromatic N) is 2. The highest BCUT2D eigenvalue weighted by atomic mass is 32.1. The summed E-state index contributed by atoms with van der Waals surface area (Å²) >= 11 is 1.51. The molecule has 1 aliphatic rings. The van der Waals surface area contributed by atoms with E-state index in [-0.39, 0.29) is 5.91 Å². The maximum absolute atomic E-state index is 13.1. The predicted molar refractivity (Wildman–Crippen MR) is 98.8 cm³/mol. The fourth-order valence-corrected chi connectivity index (χ4v) is 3.94. The molecule has 0 bridgehead atoms. The van der Waals surface area contributed by atoms with Crippen LogP contribution in [0, 0.1) is 6.92 Å². The molecule has 0 saturated carbocycles. The molecule has 2 aromatic rings. The van der Waals surface area contributed by atoms with Gasteiger partial charge < -0.3 is 14.4 Å². The number of hydrogen-bond donors (Lipinski definition) is 0. The fraction of sp³-hybridized carbons (Fsp3) is 0.474. The lowest BCUT2D eigenvalue weighted by atomic mass is 10.1. The van der Waals surface area contributed by atoms with Crippen molar-refractivity contribution in [3.8, 4) is 11.5 Å². The van der Waals surface area contributed by atoms with E-state index in [1.165, 1.54) is 11.3 Å². The summed E-state index contributed by atoms with van der Waals surface area (Å²) in [6.45, 7) is 7.87. The first kappa shape index (κ1) is 17.7. The van der Waals surface area contributed by atoms with Crippen LogP contribution in [0.25, 0.3) is 0 Å². The van der Waals surface area contributed by atoms with Gasteiger partial charge in [-0.1, -0.05) is 26.0 Å². The van der Waals surface area contributed by atoms with Crippen molar-refractivity contribution in [1.29, 1.82) is 0 Å². The predicted octanol–water partition coefficient (Wildman–Crippen LogP) is 4.01. The van der Waals surface area contributed by atoms with Crippen molar-refractivity contribution in [2.75, 3.05) is 20.3 Å². The molecule has 0 spiro atoms. The molecule has 0 saturated heterocycles. The van der Waals surface area contributed by atoms with E-state index in [9.17, 15) is 4.79 Å². The lowest BCUT2D eigenvalue weighted by Crippen LogP contribution is -2.33. The highest BCUT2D eigenvalue weighted by Gasteiger charge is 2.25. The molecule has 0 aliphatic carbocycles. The summed E-state index contributed by atoms with van der Waals surface area (Å²) in [5.74, 6) is 1.84. The van der Waals surface area contributed by atoms with Gasteiger partial charge in [0.15, 0.2) is 11.5 Å². The van der Waals surface area contributed by atoms with Crippen LogP contribution in [0.15, 0.2) is 18.2 Å². The third-order valence-electron chi connectivity index (χ3n) is 4.25. The Morgan fingerprint density at radius 1 is 1.40 bits per heavy atom. The number of fused-ring (bicyclic) bond motifs is 1. The standard InChI is InChI=1S/C19H24N2O3S/c1-12(2)18-20-13(3)17(25-18)19(22)21-9-6-10-24-16-14(11-21)7-5-8-15(16)23-4/h5,7-8,12H,6,9-11H2,1-4H3. The van der Waals surface area contributed by atoms with Gasteiger partial charge in [-0.2, -0.15) is 0 Å². The number of carbonyl (C=O) groups is 1. The molecule has 0 unspecified atom stereocenters. The van der Waals surface area contributed by atoms with Gasteiger partial charge in [0.05, 0.1) is 24.4 Å². The van der Waals surface area contributed by atoms with E-state index in [1.807, 2.05) is 30.0 Å². The first-order chi connectivity index (χ1) is 12.0. The van der Waals surface area contributed by atoms with Crippen LogP contribution in [0.3, 0.4) is 0 Å². The maximum atomic E-state index is 13.1. The molecule has 0 fully saturated rings. The summed E-state index contributed by atoms with van der Waals surface area (Å²) in [5, 5.41) is 1.01. The summed E-state index contributed by atoms with van der Waals surface area (Å²) in [7, 11) is 1.63. The van der Waals surface area contributed by atoms with Gasteiger partial charge in [-0.15, -0.1) is 11.3 Å². The minimum atomic E-state index is 0.0533. The number of methoxy groups -OCH3 is 1. The number of hydrogen-bond acceptors (Lipinski definition) is 5. The molecule has 1 amide bonds. The highest BCUT2D eigenvalue weighted by molar-refractivity contribution is 7.13. The molecule has 5 nitrogen and oxygen atoms in total. The second kappa shape index (κ2) is 7.44. The molecule has 1 aromatic carbocycles. The number of aromatic nitrogens is 1. The zero-order valence-corrected chi connectivity index (χ0v) is 16.0. The molecule has 0 atom stereocenters. The minimum absolute atomic E-state index is 0.0533. The smallest absolute Gasteiger partial charge is 0.266 e. The van der Waals surface area contributed by atoms with Crippen molar-refractivity contribution in [3.05, 3.63) is 39.3 Å². The third-order valence-corrected chi connectivity index (χ3v) is 5.69. The Morgan fingerprint density at radius 3 is 2.88 bits per heavy atom. The van der Waals surface area contributed by atoms with Crippen molar-refractivity contribution in [2.45, 2.75) is 39.7 Å². The van der Waals surface area contributed by atoms with E-state index >= 15 is 0 Å². The van der Waals surface area contributed by atoms with E-state index in [1.54, 1.807) is 7.11 Å². The first-order valence-electron chi connectivity index (χ1n) is 8.56. The van der Waals surface area contributed by atoms with Crippen LogP contribution in [0.4, 0.5) is 0 Å². The Bertz CT molecular complexity index is 770. The molecule has 1 aliphatic heterocycles. The molecule has 134 valence electrons. The van der Waals surface area contributed by atoms with Crippen molar-refractivity contribution >= 4 is 17.2 Å². The zero-order chi connectivity index (χ0) is 18.0. The summed E-state index contributed by atoms with van der Waals surface area (Å²) < 4.78 is 11.3.